The van der Waals surface area contributed by atoms with Crippen molar-refractivity contribution in [3.8, 4) is 24.2 Å². The summed E-state index contributed by atoms with van der Waals surface area (Å²) in [4.78, 5) is 0. The highest BCUT2D eigenvalue weighted by molar-refractivity contribution is 5.32. The molecule has 0 aromatic carbocycles. The molecular weight excluding hydrogens is 172 g/mol. The lowest BCUT2D eigenvalue weighted by Gasteiger charge is -2.31. The summed E-state index contributed by atoms with van der Waals surface area (Å²) >= 11 is 0. The van der Waals surface area contributed by atoms with E-state index in [-0.39, 0.29) is 5.41 Å². The first-order valence-corrected chi connectivity index (χ1v) is 4.76. The Balaban J connectivity index is 5.12. The first kappa shape index (κ1) is 13.1. The van der Waals surface area contributed by atoms with E-state index in [1.165, 1.54) is 0 Å². The van der Waals surface area contributed by atoms with Crippen molar-refractivity contribution in [2.75, 3.05) is 0 Å². The molecule has 0 spiro atoms. The molecule has 0 heterocycles. The lowest BCUT2D eigenvalue weighted by atomic mass is 9.77. The van der Waals surface area contributed by atoms with Crippen LogP contribution < -0.4 is 0 Å². The minimum Gasteiger partial charge on any atom is -0.367 e. The minimum atomic E-state index is -1.35. The van der Waals surface area contributed by atoms with Crippen LogP contribution in [-0.4, -0.2) is 10.7 Å². The number of hydrogen-bond acceptors (Lipinski definition) is 1. The molecule has 0 aliphatic heterocycles. The standard InChI is InChI=1S/C13H20O/c1-8-13(14,12(5,6)7)10-9-11(2,3)4/h1,14H,2-7H3/t13-/m1/s1. The summed E-state index contributed by atoms with van der Waals surface area (Å²) in [5.74, 6) is 8.15. The van der Waals surface area contributed by atoms with Crippen molar-refractivity contribution in [2.24, 2.45) is 10.8 Å². The third kappa shape index (κ3) is 3.44. The molecule has 0 aromatic rings. The fourth-order valence-corrected chi connectivity index (χ4v) is 0.718. The maximum Gasteiger partial charge on any atom is 0.192 e. The van der Waals surface area contributed by atoms with Crippen molar-refractivity contribution in [1.82, 2.24) is 0 Å². The molecule has 0 aliphatic carbocycles. The van der Waals surface area contributed by atoms with Gasteiger partial charge in [-0.3, -0.25) is 0 Å². The van der Waals surface area contributed by atoms with Crippen LogP contribution >= 0.6 is 0 Å². The zero-order valence-electron chi connectivity index (χ0n) is 10.0. The van der Waals surface area contributed by atoms with Gasteiger partial charge in [-0.25, -0.2) is 0 Å². The first-order chi connectivity index (χ1) is 6.02. The number of hydrogen-bond donors (Lipinski definition) is 1. The highest BCUT2D eigenvalue weighted by atomic mass is 16.3. The van der Waals surface area contributed by atoms with E-state index in [1.54, 1.807) is 0 Å². The Morgan fingerprint density at radius 1 is 0.929 bits per heavy atom. The van der Waals surface area contributed by atoms with Crippen LogP contribution in [0.2, 0.25) is 0 Å². The van der Waals surface area contributed by atoms with Crippen molar-refractivity contribution >= 4 is 0 Å². The van der Waals surface area contributed by atoms with Crippen LogP contribution in [0.5, 0.6) is 0 Å². The van der Waals surface area contributed by atoms with Gasteiger partial charge in [0.15, 0.2) is 5.60 Å². The van der Waals surface area contributed by atoms with Crippen LogP contribution in [0.3, 0.4) is 0 Å². The van der Waals surface area contributed by atoms with E-state index in [0.29, 0.717) is 0 Å². The Hall–Kier alpha value is -0.920. The van der Waals surface area contributed by atoms with Gasteiger partial charge in [-0.05, 0) is 20.8 Å². The molecule has 0 radical (unpaired) electrons. The summed E-state index contributed by atoms with van der Waals surface area (Å²) < 4.78 is 0. The van der Waals surface area contributed by atoms with E-state index in [2.05, 4.69) is 17.8 Å². The Bertz CT molecular complexity index is 295. The molecule has 78 valence electrons. The predicted octanol–water partition coefficient (Wildman–Crippen LogP) is 2.45. The van der Waals surface area contributed by atoms with Gasteiger partial charge >= 0.3 is 0 Å². The summed E-state index contributed by atoms with van der Waals surface area (Å²) in [6.07, 6.45) is 5.32. The SMILES string of the molecule is C#C[C@@](O)(C#CC(C)(C)C)C(C)(C)C. The zero-order valence-corrected chi connectivity index (χ0v) is 10.0. The van der Waals surface area contributed by atoms with Crippen molar-refractivity contribution < 1.29 is 5.11 Å². The summed E-state index contributed by atoms with van der Waals surface area (Å²) in [6, 6.07) is 0. The molecule has 1 nitrogen and oxygen atoms in total. The molecule has 0 fully saturated rings. The van der Waals surface area contributed by atoms with E-state index in [9.17, 15) is 5.11 Å². The molecule has 0 saturated carbocycles. The average molecular weight is 192 g/mol. The quantitative estimate of drug-likeness (QED) is 0.584. The molecule has 0 bridgehead atoms. The van der Waals surface area contributed by atoms with Gasteiger partial charge in [0.2, 0.25) is 0 Å². The third-order valence-corrected chi connectivity index (χ3v) is 1.91. The molecule has 0 aliphatic rings. The van der Waals surface area contributed by atoms with Gasteiger partial charge in [0.25, 0.3) is 0 Å². The highest BCUT2D eigenvalue weighted by Crippen LogP contribution is 2.29. The predicted molar refractivity (Wildman–Crippen MR) is 60.5 cm³/mol. The second kappa shape index (κ2) is 3.68. The Labute approximate surface area is 87.9 Å². The molecule has 0 amide bonds. The third-order valence-electron chi connectivity index (χ3n) is 1.91. The Morgan fingerprint density at radius 3 is 1.57 bits per heavy atom. The molecule has 1 N–H and O–H groups in total. The lowest BCUT2D eigenvalue weighted by Crippen LogP contribution is -2.40. The monoisotopic (exact) mass is 192 g/mol. The fourth-order valence-electron chi connectivity index (χ4n) is 0.718. The molecule has 1 atom stereocenters. The van der Waals surface area contributed by atoms with Crippen molar-refractivity contribution in [1.29, 1.82) is 0 Å². The summed E-state index contributed by atoms with van der Waals surface area (Å²) in [7, 11) is 0. The summed E-state index contributed by atoms with van der Waals surface area (Å²) in [5, 5.41) is 10.1. The number of rotatable bonds is 0. The van der Waals surface area contributed by atoms with E-state index in [0.717, 1.165) is 0 Å². The summed E-state index contributed by atoms with van der Waals surface area (Å²) in [5.41, 5.74) is -1.92. The van der Waals surface area contributed by atoms with Crippen molar-refractivity contribution in [3.63, 3.8) is 0 Å². The van der Waals surface area contributed by atoms with Gasteiger partial charge in [-0.15, -0.1) is 6.42 Å². The second-order valence-corrected chi connectivity index (χ2v) is 5.60. The van der Waals surface area contributed by atoms with Crippen LogP contribution in [0.25, 0.3) is 0 Å². The molecule has 0 rings (SSSR count). The zero-order chi connectivity index (χ0) is 11.6. The summed E-state index contributed by atoms with van der Waals surface area (Å²) in [6.45, 7) is 11.6. The largest absolute Gasteiger partial charge is 0.367 e. The van der Waals surface area contributed by atoms with Gasteiger partial charge in [-0.2, -0.15) is 0 Å². The van der Waals surface area contributed by atoms with Crippen LogP contribution in [0, 0.1) is 35.0 Å². The first-order valence-electron chi connectivity index (χ1n) is 4.76. The van der Waals surface area contributed by atoms with Crippen LogP contribution in [-0.2, 0) is 0 Å². The van der Waals surface area contributed by atoms with Crippen LogP contribution in [0.15, 0.2) is 0 Å². The molecule has 1 heteroatoms. The molecule has 0 unspecified atom stereocenters. The van der Waals surface area contributed by atoms with Crippen LogP contribution in [0.1, 0.15) is 41.5 Å². The van der Waals surface area contributed by atoms with Gasteiger partial charge in [0, 0.05) is 10.8 Å². The van der Waals surface area contributed by atoms with E-state index in [4.69, 9.17) is 6.42 Å². The molecule has 14 heavy (non-hydrogen) atoms. The number of terminal acetylenes is 1. The topological polar surface area (TPSA) is 20.2 Å². The van der Waals surface area contributed by atoms with Crippen molar-refractivity contribution in [3.05, 3.63) is 0 Å². The maximum absolute atomic E-state index is 10.1. The molecule has 0 saturated heterocycles. The van der Waals surface area contributed by atoms with E-state index in [1.807, 2.05) is 41.5 Å². The molecular formula is C13H20O. The fraction of sp³-hybridized carbons (Fsp3) is 0.692. The van der Waals surface area contributed by atoms with E-state index >= 15 is 0 Å². The smallest absolute Gasteiger partial charge is 0.192 e. The Kier molecular flexibility index (Phi) is 3.44. The van der Waals surface area contributed by atoms with E-state index < -0.39 is 11.0 Å². The average Bonchev–Trinajstić information content (AvgIpc) is 1.96. The van der Waals surface area contributed by atoms with Gasteiger partial charge in [0.1, 0.15) is 0 Å². The second-order valence-electron chi connectivity index (χ2n) is 5.60. The van der Waals surface area contributed by atoms with Gasteiger partial charge < -0.3 is 5.11 Å². The van der Waals surface area contributed by atoms with Crippen LogP contribution in [0.4, 0.5) is 0 Å². The lowest BCUT2D eigenvalue weighted by molar-refractivity contribution is 0.0488. The number of aliphatic hydroxyl groups is 1. The van der Waals surface area contributed by atoms with Gasteiger partial charge in [0.05, 0.1) is 0 Å². The highest BCUT2D eigenvalue weighted by Gasteiger charge is 2.36. The molecule has 0 aromatic heterocycles. The van der Waals surface area contributed by atoms with Gasteiger partial charge in [-0.1, -0.05) is 38.5 Å². The normalized spacial score (nSPS) is 16.1. The minimum absolute atomic E-state index is 0.143. The Morgan fingerprint density at radius 2 is 1.36 bits per heavy atom. The van der Waals surface area contributed by atoms with Crippen molar-refractivity contribution in [2.45, 2.75) is 47.1 Å². The maximum atomic E-state index is 10.1.